The van der Waals surface area contributed by atoms with Crippen molar-refractivity contribution >= 4 is 16.5 Å². The van der Waals surface area contributed by atoms with Crippen LogP contribution in [0.2, 0.25) is 0 Å². The standard InChI is InChI=1S/C12H30P2/c1-3-5-7-8-9-10-12-14-13-11-6-4-2/h14H,3-12H2,1-2,13H3. The van der Waals surface area contributed by atoms with Crippen LogP contribution in [0.15, 0.2) is 0 Å². The van der Waals surface area contributed by atoms with Crippen molar-refractivity contribution in [1.29, 1.82) is 0 Å². The Morgan fingerprint density at radius 3 is 2.14 bits per heavy atom. The first kappa shape index (κ1) is 14.9. The molecule has 1 unspecified atom stereocenters. The Balaban J connectivity index is 2.78. The molecule has 0 aromatic heterocycles. The van der Waals surface area contributed by atoms with Gasteiger partial charge < -0.3 is 0 Å². The molecule has 0 nitrogen and oxygen atoms in total. The van der Waals surface area contributed by atoms with Crippen molar-refractivity contribution in [2.24, 2.45) is 0 Å². The SMILES string of the molecule is CCCCCCCCP[PH3]CCCC. The van der Waals surface area contributed by atoms with Crippen LogP contribution < -0.4 is 0 Å². The second-order valence-electron chi connectivity index (χ2n) is 4.22. The molecule has 0 aromatic rings. The van der Waals surface area contributed by atoms with Crippen molar-refractivity contribution in [2.45, 2.75) is 65.2 Å². The van der Waals surface area contributed by atoms with Gasteiger partial charge in [-0.2, -0.15) is 0 Å². The van der Waals surface area contributed by atoms with Crippen molar-refractivity contribution in [2.75, 3.05) is 12.3 Å². The predicted octanol–water partition coefficient (Wildman–Crippen LogP) is 4.88. The molecule has 0 radical (unpaired) electrons. The van der Waals surface area contributed by atoms with E-state index < -0.39 is 0 Å². The third-order valence-corrected chi connectivity index (χ3v) is 7.76. The molecule has 0 saturated carbocycles. The molecule has 0 heterocycles. The zero-order valence-corrected chi connectivity index (χ0v) is 12.7. The van der Waals surface area contributed by atoms with Crippen molar-refractivity contribution in [1.82, 2.24) is 0 Å². The first-order valence-corrected chi connectivity index (χ1v) is 11.2. The van der Waals surface area contributed by atoms with Gasteiger partial charge in [0.25, 0.3) is 0 Å². The van der Waals surface area contributed by atoms with Gasteiger partial charge in [-0.25, -0.2) is 0 Å². The van der Waals surface area contributed by atoms with Gasteiger partial charge in [0.15, 0.2) is 0 Å². The van der Waals surface area contributed by atoms with E-state index >= 15 is 0 Å². The zero-order valence-electron chi connectivity index (χ0n) is 10.3. The second-order valence-corrected chi connectivity index (χ2v) is 9.43. The quantitative estimate of drug-likeness (QED) is 0.354. The Labute approximate surface area is 94.5 Å². The van der Waals surface area contributed by atoms with Crippen molar-refractivity contribution in [3.8, 4) is 0 Å². The van der Waals surface area contributed by atoms with Gasteiger partial charge in [-0.3, -0.25) is 0 Å². The molecular formula is C12H30P2. The van der Waals surface area contributed by atoms with Gasteiger partial charge in [-0.15, -0.1) is 0 Å². The summed E-state index contributed by atoms with van der Waals surface area (Å²) in [5.74, 6) is 0. The summed E-state index contributed by atoms with van der Waals surface area (Å²) in [4.78, 5) is 0. The summed E-state index contributed by atoms with van der Waals surface area (Å²) in [5, 5.41) is 0. The number of hydrogen-bond acceptors (Lipinski definition) is 0. The fourth-order valence-corrected chi connectivity index (χ4v) is 6.41. The molecule has 0 aliphatic carbocycles. The Morgan fingerprint density at radius 2 is 1.43 bits per heavy atom. The zero-order chi connectivity index (χ0) is 10.5. The van der Waals surface area contributed by atoms with Gasteiger partial charge in [0.1, 0.15) is 0 Å². The van der Waals surface area contributed by atoms with E-state index in [4.69, 9.17) is 0 Å². The topological polar surface area (TPSA) is 0 Å². The molecule has 0 N–H and O–H groups in total. The summed E-state index contributed by atoms with van der Waals surface area (Å²) in [5.41, 5.74) is 0. The van der Waals surface area contributed by atoms with E-state index in [1.54, 1.807) is 12.3 Å². The molecule has 0 aliphatic heterocycles. The Hall–Kier alpha value is 0.860. The maximum absolute atomic E-state index is 2.31. The van der Waals surface area contributed by atoms with Gasteiger partial charge in [0.2, 0.25) is 0 Å². The normalized spacial score (nSPS) is 11.9. The maximum atomic E-state index is 2.31. The van der Waals surface area contributed by atoms with Gasteiger partial charge in [0.05, 0.1) is 0 Å². The Bertz CT molecular complexity index is 82.3. The number of hydrogen-bond donors (Lipinski definition) is 0. The van der Waals surface area contributed by atoms with E-state index in [2.05, 4.69) is 13.8 Å². The fourth-order valence-electron chi connectivity index (χ4n) is 1.66. The summed E-state index contributed by atoms with van der Waals surface area (Å²) in [6.45, 7) is 4.60. The minimum atomic E-state index is 0.384. The van der Waals surface area contributed by atoms with Crippen LogP contribution in [0.1, 0.15) is 65.2 Å². The third-order valence-electron chi connectivity index (χ3n) is 2.66. The van der Waals surface area contributed by atoms with E-state index in [-0.39, 0.29) is 0 Å². The summed E-state index contributed by atoms with van der Waals surface area (Å²) in [6, 6.07) is 0. The average molecular weight is 236 g/mol. The molecular weight excluding hydrogens is 206 g/mol. The van der Waals surface area contributed by atoms with Crippen molar-refractivity contribution in [3.63, 3.8) is 0 Å². The molecule has 14 heavy (non-hydrogen) atoms. The van der Waals surface area contributed by atoms with Crippen LogP contribution in [-0.4, -0.2) is 12.3 Å². The molecule has 0 amide bonds. The monoisotopic (exact) mass is 236 g/mol. The molecule has 0 saturated heterocycles. The van der Waals surface area contributed by atoms with E-state index in [9.17, 15) is 0 Å². The van der Waals surface area contributed by atoms with Gasteiger partial charge in [-0.1, -0.05) is 0 Å². The average Bonchev–Trinajstić information content (AvgIpc) is 2.21. The van der Waals surface area contributed by atoms with Crippen LogP contribution in [0, 0.1) is 0 Å². The van der Waals surface area contributed by atoms with Gasteiger partial charge in [0, 0.05) is 0 Å². The second kappa shape index (κ2) is 13.9. The van der Waals surface area contributed by atoms with Gasteiger partial charge in [-0.05, 0) is 0 Å². The molecule has 2 heteroatoms. The summed E-state index contributed by atoms with van der Waals surface area (Å²) < 4.78 is 0. The van der Waals surface area contributed by atoms with Crippen LogP contribution in [0.4, 0.5) is 0 Å². The van der Waals surface area contributed by atoms with E-state index in [1.165, 1.54) is 59.6 Å². The molecule has 0 rings (SSSR count). The Morgan fingerprint density at radius 1 is 0.786 bits per heavy atom. The van der Waals surface area contributed by atoms with Gasteiger partial charge >= 0.3 is 94.1 Å². The fraction of sp³-hybridized carbons (Fsp3) is 1.00. The van der Waals surface area contributed by atoms with E-state index in [0.29, 0.717) is 8.27 Å². The van der Waals surface area contributed by atoms with Crippen LogP contribution in [0.3, 0.4) is 0 Å². The van der Waals surface area contributed by atoms with Crippen molar-refractivity contribution in [3.05, 3.63) is 0 Å². The van der Waals surface area contributed by atoms with Crippen LogP contribution in [0.5, 0.6) is 0 Å². The summed E-state index contributed by atoms with van der Waals surface area (Å²) >= 11 is 0. The third kappa shape index (κ3) is 12.9. The first-order valence-electron chi connectivity index (χ1n) is 6.62. The number of unbranched alkanes of at least 4 members (excludes halogenated alkanes) is 6. The molecule has 0 spiro atoms. The molecule has 88 valence electrons. The molecule has 0 bridgehead atoms. The summed E-state index contributed by atoms with van der Waals surface area (Å²) in [7, 11) is 1.78. The molecule has 0 aromatic carbocycles. The van der Waals surface area contributed by atoms with E-state index in [1.807, 2.05) is 0 Å². The van der Waals surface area contributed by atoms with Crippen LogP contribution in [-0.2, 0) is 0 Å². The molecule has 0 aliphatic rings. The first-order chi connectivity index (χ1) is 6.91. The number of rotatable bonds is 11. The minimum absolute atomic E-state index is 0.384. The molecule has 0 fully saturated rings. The molecule has 1 atom stereocenters. The van der Waals surface area contributed by atoms with E-state index in [0.717, 1.165) is 0 Å². The predicted molar refractivity (Wildman–Crippen MR) is 77.4 cm³/mol. The van der Waals surface area contributed by atoms with Crippen molar-refractivity contribution < 1.29 is 0 Å². The van der Waals surface area contributed by atoms with Crippen LogP contribution >= 0.6 is 16.5 Å². The Kier molecular flexibility index (Phi) is 14.7. The summed E-state index contributed by atoms with van der Waals surface area (Å²) in [6.07, 6.45) is 15.0. The van der Waals surface area contributed by atoms with Crippen LogP contribution in [0.25, 0.3) is 0 Å².